The minimum Gasteiger partial charge on any atom is -0.378 e. The van der Waals surface area contributed by atoms with Gasteiger partial charge in [-0.3, -0.25) is 4.79 Å². The van der Waals surface area contributed by atoms with E-state index in [2.05, 4.69) is 43.0 Å². The lowest BCUT2D eigenvalue weighted by Crippen LogP contribution is -2.34. The van der Waals surface area contributed by atoms with Gasteiger partial charge in [0.2, 0.25) is 5.91 Å². The molecule has 0 heterocycles. The van der Waals surface area contributed by atoms with Crippen LogP contribution in [0.1, 0.15) is 44.6 Å². The largest absolute Gasteiger partial charge is 0.378 e. The molecule has 1 unspecified atom stereocenters. The summed E-state index contributed by atoms with van der Waals surface area (Å²) >= 11 is 0. The van der Waals surface area contributed by atoms with Crippen molar-refractivity contribution in [2.45, 2.75) is 39.0 Å². The third-order valence-electron chi connectivity index (χ3n) is 3.93. The van der Waals surface area contributed by atoms with Crippen LogP contribution < -0.4 is 10.6 Å². The van der Waals surface area contributed by atoms with E-state index in [1.165, 1.54) is 0 Å². The Kier molecular flexibility index (Phi) is 7.96. The first-order valence-corrected chi connectivity index (χ1v) is 8.28. The van der Waals surface area contributed by atoms with Crippen LogP contribution >= 0.6 is 0 Å². The van der Waals surface area contributed by atoms with E-state index in [0.29, 0.717) is 13.0 Å². The summed E-state index contributed by atoms with van der Waals surface area (Å²) in [7, 11) is 4.04. The number of anilines is 1. The van der Waals surface area contributed by atoms with E-state index in [-0.39, 0.29) is 11.8 Å². The number of nitrogens with two attached hydrogens (primary N) is 1. The lowest BCUT2D eigenvalue weighted by molar-refractivity contribution is -0.131. The maximum atomic E-state index is 12.5. The van der Waals surface area contributed by atoms with Gasteiger partial charge in [-0.2, -0.15) is 0 Å². The van der Waals surface area contributed by atoms with Gasteiger partial charge in [0, 0.05) is 45.2 Å². The first-order valence-electron chi connectivity index (χ1n) is 8.28. The van der Waals surface area contributed by atoms with Gasteiger partial charge in [-0.05, 0) is 37.1 Å². The predicted octanol–water partition coefficient (Wildman–Crippen LogP) is 2.83. The average molecular weight is 305 g/mol. The molecule has 22 heavy (non-hydrogen) atoms. The van der Waals surface area contributed by atoms with Crippen LogP contribution in [0.3, 0.4) is 0 Å². The number of benzene rings is 1. The third-order valence-corrected chi connectivity index (χ3v) is 3.93. The third kappa shape index (κ3) is 5.34. The van der Waals surface area contributed by atoms with Gasteiger partial charge in [0.15, 0.2) is 0 Å². The standard InChI is InChI=1S/C18H31N3O/c1-5-11-21(12-6-2)18(22)13-16(14-19)15-7-9-17(10-8-15)20(3)4/h7-10,16H,5-6,11-14,19H2,1-4H3. The Bertz CT molecular complexity index is 436. The second-order valence-electron chi connectivity index (χ2n) is 6.00. The number of nitrogens with zero attached hydrogens (tertiary/aromatic N) is 2. The van der Waals surface area contributed by atoms with E-state index in [4.69, 9.17) is 5.73 Å². The molecule has 0 spiro atoms. The van der Waals surface area contributed by atoms with Crippen LogP contribution in [0.4, 0.5) is 5.69 Å². The molecule has 1 rings (SSSR count). The van der Waals surface area contributed by atoms with Crippen LogP contribution in [-0.4, -0.2) is 44.5 Å². The van der Waals surface area contributed by atoms with Crippen LogP contribution in [0.25, 0.3) is 0 Å². The summed E-state index contributed by atoms with van der Waals surface area (Å²) in [5, 5.41) is 0. The van der Waals surface area contributed by atoms with E-state index in [0.717, 1.165) is 37.2 Å². The summed E-state index contributed by atoms with van der Waals surface area (Å²) in [5.74, 6) is 0.316. The van der Waals surface area contributed by atoms with E-state index in [1.807, 2.05) is 19.0 Å². The molecule has 0 aliphatic carbocycles. The molecule has 2 N–H and O–H groups in total. The molecule has 0 aliphatic rings. The molecule has 0 bridgehead atoms. The van der Waals surface area contributed by atoms with Crippen LogP contribution in [0.5, 0.6) is 0 Å². The molecule has 1 aromatic carbocycles. The predicted molar refractivity (Wildman–Crippen MR) is 94.3 cm³/mol. The number of amides is 1. The Labute approximate surface area is 135 Å². The maximum absolute atomic E-state index is 12.5. The van der Waals surface area contributed by atoms with Gasteiger partial charge in [0.25, 0.3) is 0 Å². The SMILES string of the molecule is CCCN(CCC)C(=O)CC(CN)c1ccc(N(C)C)cc1. The van der Waals surface area contributed by atoms with Crippen LogP contribution in [0, 0.1) is 0 Å². The van der Waals surface area contributed by atoms with Crippen molar-refractivity contribution in [3.63, 3.8) is 0 Å². The van der Waals surface area contributed by atoms with Crippen molar-refractivity contribution < 1.29 is 4.79 Å². The zero-order valence-electron chi connectivity index (χ0n) is 14.5. The molecule has 0 fully saturated rings. The number of hydrogen-bond donors (Lipinski definition) is 1. The zero-order chi connectivity index (χ0) is 16.5. The molecule has 0 radical (unpaired) electrons. The molecule has 4 nitrogen and oxygen atoms in total. The van der Waals surface area contributed by atoms with E-state index < -0.39 is 0 Å². The van der Waals surface area contributed by atoms with Crippen molar-refractivity contribution >= 4 is 11.6 Å². The Morgan fingerprint density at radius 2 is 1.64 bits per heavy atom. The van der Waals surface area contributed by atoms with E-state index in [9.17, 15) is 4.79 Å². The van der Waals surface area contributed by atoms with E-state index >= 15 is 0 Å². The van der Waals surface area contributed by atoms with Crippen molar-refractivity contribution in [2.24, 2.45) is 5.73 Å². The lowest BCUT2D eigenvalue weighted by Gasteiger charge is -2.24. The van der Waals surface area contributed by atoms with E-state index in [1.54, 1.807) is 0 Å². The number of rotatable bonds is 9. The van der Waals surface area contributed by atoms with Gasteiger partial charge >= 0.3 is 0 Å². The van der Waals surface area contributed by atoms with Crippen LogP contribution in [0.2, 0.25) is 0 Å². The second-order valence-corrected chi connectivity index (χ2v) is 6.00. The summed E-state index contributed by atoms with van der Waals surface area (Å²) < 4.78 is 0. The Morgan fingerprint density at radius 3 is 2.05 bits per heavy atom. The van der Waals surface area contributed by atoms with Crippen molar-refractivity contribution in [3.05, 3.63) is 29.8 Å². The van der Waals surface area contributed by atoms with Crippen LogP contribution in [-0.2, 0) is 4.79 Å². The minimum atomic E-state index is 0.0972. The Hall–Kier alpha value is -1.55. The molecule has 1 atom stereocenters. The smallest absolute Gasteiger partial charge is 0.223 e. The van der Waals surface area contributed by atoms with Gasteiger partial charge in [0.05, 0.1) is 0 Å². The maximum Gasteiger partial charge on any atom is 0.223 e. The number of carbonyl (C=O) groups excluding carboxylic acids is 1. The Morgan fingerprint density at radius 1 is 1.09 bits per heavy atom. The summed E-state index contributed by atoms with van der Waals surface area (Å²) in [6.45, 7) is 6.39. The number of carbonyl (C=O) groups is 1. The van der Waals surface area contributed by atoms with Gasteiger partial charge in [0.1, 0.15) is 0 Å². The molecule has 0 aliphatic heterocycles. The lowest BCUT2D eigenvalue weighted by atomic mass is 9.95. The second kappa shape index (κ2) is 9.46. The van der Waals surface area contributed by atoms with Crippen molar-refractivity contribution in [3.8, 4) is 0 Å². The molecule has 124 valence electrons. The fourth-order valence-electron chi connectivity index (χ4n) is 2.62. The molecular weight excluding hydrogens is 274 g/mol. The summed E-state index contributed by atoms with van der Waals surface area (Å²) in [6, 6.07) is 8.34. The monoisotopic (exact) mass is 305 g/mol. The molecule has 1 amide bonds. The van der Waals surface area contributed by atoms with Crippen molar-refractivity contribution in [1.82, 2.24) is 4.90 Å². The highest BCUT2D eigenvalue weighted by Crippen LogP contribution is 2.22. The summed E-state index contributed by atoms with van der Waals surface area (Å²) in [4.78, 5) is 16.5. The van der Waals surface area contributed by atoms with Crippen LogP contribution in [0.15, 0.2) is 24.3 Å². The molecule has 0 saturated carbocycles. The topological polar surface area (TPSA) is 49.6 Å². The fourth-order valence-corrected chi connectivity index (χ4v) is 2.62. The fraction of sp³-hybridized carbons (Fsp3) is 0.611. The molecule has 0 aromatic heterocycles. The molecule has 0 saturated heterocycles. The average Bonchev–Trinajstić information content (AvgIpc) is 2.52. The van der Waals surface area contributed by atoms with Crippen molar-refractivity contribution in [1.29, 1.82) is 0 Å². The quantitative estimate of drug-likeness (QED) is 0.763. The highest BCUT2D eigenvalue weighted by atomic mass is 16.2. The highest BCUT2D eigenvalue weighted by molar-refractivity contribution is 5.77. The zero-order valence-corrected chi connectivity index (χ0v) is 14.5. The summed E-state index contributed by atoms with van der Waals surface area (Å²) in [5.41, 5.74) is 8.22. The molecule has 1 aromatic rings. The highest BCUT2D eigenvalue weighted by Gasteiger charge is 2.19. The van der Waals surface area contributed by atoms with Gasteiger partial charge in [-0.25, -0.2) is 0 Å². The minimum absolute atomic E-state index is 0.0972. The molecule has 4 heteroatoms. The first-order chi connectivity index (χ1) is 10.5. The van der Waals surface area contributed by atoms with Gasteiger partial charge < -0.3 is 15.5 Å². The Balaban J connectivity index is 2.76. The first kappa shape index (κ1) is 18.5. The number of hydrogen-bond acceptors (Lipinski definition) is 3. The van der Waals surface area contributed by atoms with Gasteiger partial charge in [-0.15, -0.1) is 0 Å². The van der Waals surface area contributed by atoms with Crippen molar-refractivity contribution in [2.75, 3.05) is 38.6 Å². The summed E-state index contributed by atoms with van der Waals surface area (Å²) in [6.07, 6.45) is 2.49. The normalized spacial score (nSPS) is 12.0. The van der Waals surface area contributed by atoms with Gasteiger partial charge in [-0.1, -0.05) is 26.0 Å². The molecular formula is C18H31N3O.